The lowest BCUT2D eigenvalue weighted by Gasteiger charge is -2.09. The Morgan fingerprint density at radius 2 is 2.12 bits per heavy atom. The van der Waals surface area contributed by atoms with Crippen molar-refractivity contribution in [2.45, 2.75) is 13.5 Å². The minimum Gasteiger partial charge on any atom is -0.494 e. The Balaban J connectivity index is 2.69. The fraction of sp³-hybridized carbons (Fsp3) is 0.308. The van der Waals surface area contributed by atoms with Crippen molar-refractivity contribution in [2.75, 3.05) is 6.61 Å². The third-order valence-electron chi connectivity index (χ3n) is 2.75. The van der Waals surface area contributed by atoms with Crippen LogP contribution in [0.3, 0.4) is 0 Å². The van der Waals surface area contributed by atoms with Crippen LogP contribution in [0.25, 0.3) is 10.9 Å². The van der Waals surface area contributed by atoms with Crippen molar-refractivity contribution < 1.29 is 9.84 Å². The van der Waals surface area contributed by atoms with E-state index in [4.69, 9.17) is 9.84 Å². The lowest BCUT2D eigenvalue weighted by atomic mass is 10.1. The van der Waals surface area contributed by atoms with Gasteiger partial charge in [-0.3, -0.25) is 4.79 Å². The Bertz CT molecular complexity index is 601. The van der Waals surface area contributed by atoms with Crippen molar-refractivity contribution in [3.8, 4) is 5.75 Å². The maximum absolute atomic E-state index is 11.8. The molecule has 0 amide bonds. The number of hydrogen-bond acceptors (Lipinski definition) is 3. The van der Waals surface area contributed by atoms with Crippen LogP contribution in [0.4, 0.5) is 0 Å². The van der Waals surface area contributed by atoms with Crippen LogP contribution < -0.4 is 10.3 Å². The van der Waals surface area contributed by atoms with Gasteiger partial charge >= 0.3 is 0 Å². The molecule has 0 radical (unpaired) electrons. The van der Waals surface area contributed by atoms with Gasteiger partial charge in [-0.25, -0.2) is 0 Å². The Morgan fingerprint density at radius 1 is 1.35 bits per heavy atom. The van der Waals surface area contributed by atoms with Gasteiger partial charge in [-0.2, -0.15) is 0 Å². The summed E-state index contributed by atoms with van der Waals surface area (Å²) in [5.74, 6) is 0.766. The average Bonchev–Trinajstić information content (AvgIpc) is 2.34. The maximum Gasteiger partial charge on any atom is 0.256 e. The van der Waals surface area contributed by atoms with Crippen molar-refractivity contribution in [3.05, 3.63) is 40.2 Å². The van der Waals surface area contributed by atoms with E-state index < -0.39 is 0 Å². The van der Waals surface area contributed by atoms with E-state index in [0.717, 1.165) is 16.7 Å². The molecule has 0 atom stereocenters. The maximum atomic E-state index is 11.8. The molecule has 0 aliphatic rings. The lowest BCUT2D eigenvalue weighted by Crippen LogP contribution is -2.21. The lowest BCUT2D eigenvalue weighted by molar-refractivity contribution is 0.279. The Hall–Kier alpha value is -1.81. The van der Waals surface area contributed by atoms with Crippen LogP contribution in [-0.2, 0) is 13.7 Å². The van der Waals surface area contributed by atoms with Gasteiger partial charge < -0.3 is 14.4 Å². The van der Waals surface area contributed by atoms with Gasteiger partial charge in [0, 0.05) is 18.0 Å². The summed E-state index contributed by atoms with van der Waals surface area (Å²) in [6.07, 6.45) is 0. The normalized spacial score (nSPS) is 10.8. The first-order valence-corrected chi connectivity index (χ1v) is 5.53. The van der Waals surface area contributed by atoms with Crippen LogP contribution >= 0.6 is 0 Å². The van der Waals surface area contributed by atoms with Crippen molar-refractivity contribution in [2.24, 2.45) is 7.05 Å². The Kier molecular flexibility index (Phi) is 3.15. The molecule has 0 aliphatic heterocycles. The number of aliphatic hydroxyl groups excluding tert-OH is 1. The molecule has 1 aromatic carbocycles. The van der Waals surface area contributed by atoms with Crippen molar-refractivity contribution >= 4 is 10.9 Å². The van der Waals surface area contributed by atoms with Gasteiger partial charge in [0.15, 0.2) is 0 Å². The summed E-state index contributed by atoms with van der Waals surface area (Å²) in [4.78, 5) is 11.8. The Labute approximate surface area is 99.1 Å². The van der Waals surface area contributed by atoms with E-state index in [1.54, 1.807) is 13.1 Å². The SMILES string of the molecule is CCOc1ccc2c(c1)cc(CO)c(=O)n2C. The van der Waals surface area contributed by atoms with E-state index in [1.807, 2.05) is 25.1 Å². The summed E-state index contributed by atoms with van der Waals surface area (Å²) in [5, 5.41) is 10.0. The van der Waals surface area contributed by atoms with Crippen molar-refractivity contribution in [1.82, 2.24) is 4.57 Å². The quantitative estimate of drug-likeness (QED) is 0.872. The summed E-state index contributed by atoms with van der Waals surface area (Å²) in [6.45, 7) is 2.27. The zero-order valence-electron chi connectivity index (χ0n) is 9.93. The highest BCUT2D eigenvalue weighted by Gasteiger charge is 2.06. The second kappa shape index (κ2) is 4.59. The monoisotopic (exact) mass is 233 g/mol. The molecule has 0 saturated carbocycles. The van der Waals surface area contributed by atoms with E-state index in [-0.39, 0.29) is 12.2 Å². The fourth-order valence-electron chi connectivity index (χ4n) is 1.90. The Morgan fingerprint density at radius 3 is 2.76 bits per heavy atom. The molecule has 90 valence electrons. The number of hydrogen-bond donors (Lipinski definition) is 1. The second-order valence-corrected chi connectivity index (χ2v) is 3.85. The molecule has 0 bridgehead atoms. The molecular formula is C13H15NO3. The molecule has 4 heteroatoms. The molecular weight excluding hydrogens is 218 g/mol. The van der Waals surface area contributed by atoms with Gasteiger partial charge in [0.2, 0.25) is 0 Å². The van der Waals surface area contributed by atoms with E-state index in [9.17, 15) is 4.79 Å². The zero-order valence-corrected chi connectivity index (χ0v) is 9.93. The first-order valence-electron chi connectivity index (χ1n) is 5.53. The van der Waals surface area contributed by atoms with E-state index in [1.165, 1.54) is 4.57 Å². The molecule has 0 aliphatic carbocycles. The number of nitrogens with zero attached hydrogens (tertiary/aromatic N) is 1. The van der Waals surface area contributed by atoms with Crippen LogP contribution in [0, 0.1) is 0 Å². The average molecular weight is 233 g/mol. The minimum atomic E-state index is -0.249. The summed E-state index contributed by atoms with van der Waals surface area (Å²) < 4.78 is 6.95. The van der Waals surface area contributed by atoms with Crippen LogP contribution in [-0.4, -0.2) is 16.3 Å². The largest absolute Gasteiger partial charge is 0.494 e. The molecule has 1 aromatic heterocycles. The third kappa shape index (κ3) is 2.03. The second-order valence-electron chi connectivity index (χ2n) is 3.85. The third-order valence-corrected chi connectivity index (χ3v) is 2.75. The van der Waals surface area contributed by atoms with Crippen LogP contribution in [0.2, 0.25) is 0 Å². The molecule has 0 saturated heterocycles. The summed E-state index contributed by atoms with van der Waals surface area (Å²) in [6, 6.07) is 7.27. The zero-order chi connectivity index (χ0) is 12.4. The van der Waals surface area contributed by atoms with Crippen LogP contribution in [0.15, 0.2) is 29.1 Å². The molecule has 4 nitrogen and oxygen atoms in total. The highest BCUT2D eigenvalue weighted by atomic mass is 16.5. The number of aromatic nitrogens is 1. The number of pyridine rings is 1. The highest BCUT2D eigenvalue weighted by molar-refractivity contribution is 5.81. The first kappa shape index (κ1) is 11.7. The number of fused-ring (bicyclic) bond motifs is 1. The van der Waals surface area contributed by atoms with Gasteiger partial charge in [0.05, 0.1) is 18.7 Å². The topological polar surface area (TPSA) is 51.5 Å². The minimum absolute atomic E-state index is 0.163. The van der Waals surface area contributed by atoms with E-state index in [2.05, 4.69) is 0 Å². The fourth-order valence-corrected chi connectivity index (χ4v) is 1.90. The van der Waals surface area contributed by atoms with Crippen molar-refractivity contribution in [1.29, 1.82) is 0 Å². The number of aryl methyl sites for hydroxylation is 1. The van der Waals surface area contributed by atoms with Gasteiger partial charge in [-0.05, 0) is 31.2 Å². The summed E-state index contributed by atoms with van der Waals surface area (Å²) >= 11 is 0. The van der Waals surface area contributed by atoms with Crippen molar-refractivity contribution in [3.63, 3.8) is 0 Å². The first-order chi connectivity index (χ1) is 8.17. The molecule has 0 unspecified atom stereocenters. The van der Waals surface area contributed by atoms with Gasteiger partial charge in [0.1, 0.15) is 5.75 Å². The molecule has 1 heterocycles. The number of benzene rings is 1. The van der Waals surface area contributed by atoms with E-state index in [0.29, 0.717) is 12.2 Å². The summed E-state index contributed by atoms with van der Waals surface area (Å²) in [7, 11) is 1.70. The standard InChI is InChI=1S/C13H15NO3/c1-3-17-11-4-5-12-9(7-11)6-10(8-15)13(16)14(12)2/h4-7,15H,3,8H2,1-2H3. The van der Waals surface area contributed by atoms with Crippen LogP contribution in [0.5, 0.6) is 5.75 Å². The van der Waals surface area contributed by atoms with Gasteiger partial charge in [-0.15, -0.1) is 0 Å². The number of ether oxygens (including phenoxy) is 1. The van der Waals surface area contributed by atoms with E-state index >= 15 is 0 Å². The van der Waals surface area contributed by atoms with Gasteiger partial charge in [-0.1, -0.05) is 0 Å². The molecule has 0 fully saturated rings. The summed E-state index contributed by atoms with van der Waals surface area (Å²) in [5.41, 5.74) is 1.06. The number of aliphatic hydroxyl groups is 1. The van der Waals surface area contributed by atoms with Gasteiger partial charge in [0.25, 0.3) is 5.56 Å². The predicted octanol–water partition coefficient (Wildman–Crippen LogP) is 1.43. The predicted molar refractivity (Wildman–Crippen MR) is 66.3 cm³/mol. The highest BCUT2D eigenvalue weighted by Crippen LogP contribution is 2.20. The number of rotatable bonds is 3. The molecule has 1 N–H and O–H groups in total. The van der Waals surface area contributed by atoms with Crippen LogP contribution in [0.1, 0.15) is 12.5 Å². The molecule has 17 heavy (non-hydrogen) atoms. The molecule has 2 aromatic rings. The molecule has 2 rings (SSSR count). The smallest absolute Gasteiger partial charge is 0.256 e. The molecule has 0 spiro atoms.